The highest BCUT2D eigenvalue weighted by Crippen LogP contribution is 2.39. The molecule has 0 saturated heterocycles. The van der Waals surface area contributed by atoms with Crippen molar-refractivity contribution in [1.82, 2.24) is 4.90 Å². The van der Waals surface area contributed by atoms with Gasteiger partial charge in [-0.15, -0.1) is 0 Å². The smallest absolute Gasteiger partial charge is 0.222 e. The summed E-state index contributed by atoms with van der Waals surface area (Å²) in [6.45, 7) is 0. The van der Waals surface area contributed by atoms with Gasteiger partial charge in [0.1, 0.15) is 0 Å². The lowest BCUT2D eigenvalue weighted by molar-refractivity contribution is -0.133. The molecular formula is C20H23NO. The SMILES string of the molecule is CN(C(=O)CCc1ccccc1)C1CC(c2ccccc2)C1. The first-order valence-electron chi connectivity index (χ1n) is 8.08. The maximum absolute atomic E-state index is 12.3. The van der Waals surface area contributed by atoms with Crippen molar-refractivity contribution in [2.75, 3.05) is 7.05 Å². The number of carbonyl (C=O) groups is 1. The molecule has 22 heavy (non-hydrogen) atoms. The van der Waals surface area contributed by atoms with Crippen molar-refractivity contribution in [2.45, 2.75) is 37.6 Å². The summed E-state index contributed by atoms with van der Waals surface area (Å²) in [5.74, 6) is 0.885. The Hall–Kier alpha value is -2.09. The number of carbonyl (C=O) groups excluding carboxylic acids is 1. The van der Waals surface area contributed by atoms with Crippen LogP contribution >= 0.6 is 0 Å². The average Bonchev–Trinajstić information content (AvgIpc) is 2.53. The lowest BCUT2D eigenvalue weighted by atomic mass is 9.75. The van der Waals surface area contributed by atoms with E-state index in [1.807, 2.05) is 30.1 Å². The van der Waals surface area contributed by atoms with E-state index >= 15 is 0 Å². The van der Waals surface area contributed by atoms with Crippen molar-refractivity contribution in [3.8, 4) is 0 Å². The van der Waals surface area contributed by atoms with Gasteiger partial charge in [0, 0.05) is 19.5 Å². The summed E-state index contributed by atoms with van der Waals surface area (Å²) in [5, 5.41) is 0. The minimum Gasteiger partial charge on any atom is -0.343 e. The Morgan fingerprint density at radius 2 is 1.59 bits per heavy atom. The highest BCUT2D eigenvalue weighted by atomic mass is 16.2. The Bertz CT molecular complexity index is 602. The molecule has 0 atom stereocenters. The van der Waals surface area contributed by atoms with Crippen LogP contribution in [-0.4, -0.2) is 23.9 Å². The maximum Gasteiger partial charge on any atom is 0.222 e. The van der Waals surface area contributed by atoms with E-state index in [-0.39, 0.29) is 5.91 Å². The Morgan fingerprint density at radius 1 is 1.00 bits per heavy atom. The molecule has 2 heteroatoms. The molecule has 0 bridgehead atoms. The summed E-state index contributed by atoms with van der Waals surface area (Å²) in [4.78, 5) is 14.3. The third-order valence-electron chi connectivity index (χ3n) is 4.80. The quantitative estimate of drug-likeness (QED) is 0.815. The first kappa shape index (κ1) is 14.8. The van der Waals surface area contributed by atoms with Crippen LogP contribution in [0.1, 0.15) is 36.3 Å². The van der Waals surface area contributed by atoms with E-state index in [0.717, 1.165) is 19.3 Å². The summed E-state index contributed by atoms with van der Waals surface area (Å²) in [7, 11) is 1.96. The zero-order valence-corrected chi connectivity index (χ0v) is 13.1. The predicted molar refractivity (Wildman–Crippen MR) is 89.7 cm³/mol. The van der Waals surface area contributed by atoms with Gasteiger partial charge in [0.05, 0.1) is 0 Å². The lowest BCUT2D eigenvalue weighted by Gasteiger charge is -2.41. The molecule has 1 fully saturated rings. The van der Waals surface area contributed by atoms with Crippen molar-refractivity contribution in [3.63, 3.8) is 0 Å². The molecule has 0 spiro atoms. The van der Waals surface area contributed by atoms with Crippen LogP contribution in [0.4, 0.5) is 0 Å². The van der Waals surface area contributed by atoms with E-state index < -0.39 is 0 Å². The minimum atomic E-state index is 0.264. The second kappa shape index (κ2) is 6.78. The maximum atomic E-state index is 12.3. The third-order valence-corrected chi connectivity index (χ3v) is 4.80. The fourth-order valence-corrected chi connectivity index (χ4v) is 3.18. The second-order valence-electron chi connectivity index (χ2n) is 6.22. The predicted octanol–water partition coefficient (Wildman–Crippen LogP) is 4.02. The van der Waals surface area contributed by atoms with Crippen LogP contribution in [0.15, 0.2) is 60.7 Å². The van der Waals surface area contributed by atoms with E-state index in [0.29, 0.717) is 18.4 Å². The van der Waals surface area contributed by atoms with Crippen molar-refractivity contribution < 1.29 is 4.79 Å². The molecule has 2 aromatic carbocycles. The fraction of sp³-hybridized carbons (Fsp3) is 0.350. The summed E-state index contributed by atoms with van der Waals surface area (Å²) in [5.41, 5.74) is 2.64. The molecule has 0 heterocycles. The average molecular weight is 293 g/mol. The Labute approximate surface area is 132 Å². The topological polar surface area (TPSA) is 20.3 Å². The number of amides is 1. The third kappa shape index (κ3) is 3.38. The highest BCUT2D eigenvalue weighted by molar-refractivity contribution is 5.76. The van der Waals surface area contributed by atoms with Crippen LogP contribution in [-0.2, 0) is 11.2 Å². The standard InChI is InChI=1S/C20H23NO/c1-21(20(22)13-12-16-8-4-2-5-9-16)19-14-18(15-19)17-10-6-3-7-11-17/h2-11,18-19H,12-15H2,1H3. The molecule has 1 aliphatic carbocycles. The Kier molecular flexibility index (Phi) is 4.57. The van der Waals surface area contributed by atoms with Gasteiger partial charge in [-0.05, 0) is 36.3 Å². The summed E-state index contributed by atoms with van der Waals surface area (Å²) in [6, 6.07) is 21.3. The van der Waals surface area contributed by atoms with E-state index in [9.17, 15) is 4.79 Å². The lowest BCUT2D eigenvalue weighted by Crippen LogP contribution is -2.44. The molecule has 1 amide bonds. The van der Waals surface area contributed by atoms with E-state index in [1.54, 1.807) is 0 Å². The minimum absolute atomic E-state index is 0.264. The Balaban J connectivity index is 1.46. The molecule has 1 saturated carbocycles. The molecule has 0 aliphatic heterocycles. The van der Waals surface area contributed by atoms with Gasteiger partial charge in [-0.2, -0.15) is 0 Å². The number of benzene rings is 2. The number of aryl methyl sites for hydroxylation is 1. The molecule has 0 aromatic heterocycles. The van der Waals surface area contributed by atoms with Gasteiger partial charge in [0.2, 0.25) is 5.91 Å². The first-order valence-corrected chi connectivity index (χ1v) is 8.08. The molecule has 2 nitrogen and oxygen atoms in total. The van der Waals surface area contributed by atoms with Crippen LogP contribution < -0.4 is 0 Å². The molecule has 1 aliphatic rings. The van der Waals surface area contributed by atoms with Gasteiger partial charge < -0.3 is 4.90 Å². The highest BCUT2D eigenvalue weighted by Gasteiger charge is 2.34. The van der Waals surface area contributed by atoms with Crippen molar-refractivity contribution >= 4 is 5.91 Å². The number of hydrogen-bond donors (Lipinski definition) is 0. The molecule has 3 rings (SSSR count). The molecule has 0 radical (unpaired) electrons. The van der Waals surface area contributed by atoms with Crippen LogP contribution in [0.25, 0.3) is 0 Å². The number of nitrogens with zero attached hydrogens (tertiary/aromatic N) is 1. The van der Waals surface area contributed by atoms with Gasteiger partial charge >= 0.3 is 0 Å². The first-order chi connectivity index (χ1) is 10.7. The van der Waals surface area contributed by atoms with E-state index in [2.05, 4.69) is 42.5 Å². The molecular weight excluding hydrogens is 270 g/mol. The summed E-state index contributed by atoms with van der Waals surface area (Å²) in [6.07, 6.45) is 3.63. The van der Waals surface area contributed by atoms with Gasteiger partial charge in [0.25, 0.3) is 0 Å². The Morgan fingerprint density at radius 3 is 2.23 bits per heavy atom. The van der Waals surface area contributed by atoms with Gasteiger partial charge in [-0.3, -0.25) is 4.79 Å². The number of rotatable bonds is 5. The molecule has 2 aromatic rings. The normalized spacial score (nSPS) is 20.2. The second-order valence-corrected chi connectivity index (χ2v) is 6.22. The van der Waals surface area contributed by atoms with Crippen molar-refractivity contribution in [1.29, 1.82) is 0 Å². The van der Waals surface area contributed by atoms with Crippen molar-refractivity contribution in [3.05, 3.63) is 71.8 Å². The number of hydrogen-bond acceptors (Lipinski definition) is 1. The van der Waals surface area contributed by atoms with Gasteiger partial charge in [-0.1, -0.05) is 60.7 Å². The van der Waals surface area contributed by atoms with E-state index in [1.165, 1.54) is 11.1 Å². The van der Waals surface area contributed by atoms with E-state index in [4.69, 9.17) is 0 Å². The van der Waals surface area contributed by atoms with Crippen LogP contribution in [0.2, 0.25) is 0 Å². The molecule has 0 unspecified atom stereocenters. The van der Waals surface area contributed by atoms with Crippen LogP contribution in [0.5, 0.6) is 0 Å². The summed E-state index contributed by atoms with van der Waals surface area (Å²) < 4.78 is 0. The van der Waals surface area contributed by atoms with Crippen LogP contribution in [0, 0.1) is 0 Å². The van der Waals surface area contributed by atoms with Gasteiger partial charge in [0.15, 0.2) is 0 Å². The zero-order valence-electron chi connectivity index (χ0n) is 13.1. The zero-order chi connectivity index (χ0) is 15.4. The van der Waals surface area contributed by atoms with Crippen LogP contribution in [0.3, 0.4) is 0 Å². The van der Waals surface area contributed by atoms with Crippen molar-refractivity contribution in [2.24, 2.45) is 0 Å². The largest absolute Gasteiger partial charge is 0.343 e. The molecule has 114 valence electrons. The monoisotopic (exact) mass is 293 g/mol. The molecule has 0 N–H and O–H groups in total. The van der Waals surface area contributed by atoms with Gasteiger partial charge in [-0.25, -0.2) is 0 Å². The fourth-order valence-electron chi connectivity index (χ4n) is 3.18. The summed E-state index contributed by atoms with van der Waals surface area (Å²) >= 11 is 0.